The first-order valence-corrected chi connectivity index (χ1v) is 9.31. The summed E-state index contributed by atoms with van der Waals surface area (Å²) in [6.07, 6.45) is 2.53. The Kier molecular flexibility index (Phi) is 4.89. The van der Waals surface area contributed by atoms with Crippen molar-refractivity contribution in [3.8, 4) is 5.88 Å². The molecule has 0 amide bonds. The van der Waals surface area contributed by atoms with Crippen molar-refractivity contribution in [1.82, 2.24) is 9.88 Å². The Hall–Kier alpha value is -1.14. The lowest BCUT2D eigenvalue weighted by molar-refractivity contribution is -0.155. The van der Waals surface area contributed by atoms with Crippen molar-refractivity contribution in [2.75, 3.05) is 26.2 Å². The first kappa shape index (κ1) is 17.7. The molecule has 0 bridgehead atoms. The van der Waals surface area contributed by atoms with E-state index in [1.165, 1.54) is 5.56 Å². The molecule has 3 heterocycles. The normalized spacial score (nSPS) is 19.8. The van der Waals surface area contributed by atoms with Crippen molar-refractivity contribution in [2.24, 2.45) is 0 Å². The van der Waals surface area contributed by atoms with Gasteiger partial charge in [0.25, 0.3) is 0 Å². The van der Waals surface area contributed by atoms with Gasteiger partial charge in [-0.25, -0.2) is 4.98 Å². The Morgan fingerprint density at radius 2 is 2.08 bits per heavy atom. The summed E-state index contributed by atoms with van der Waals surface area (Å²) in [5.74, 6) is 0.651. The van der Waals surface area contributed by atoms with Crippen LogP contribution in [0.3, 0.4) is 0 Å². The van der Waals surface area contributed by atoms with Gasteiger partial charge in [0, 0.05) is 17.5 Å². The number of carbonyl (C=O) groups is 1. The van der Waals surface area contributed by atoms with Crippen LogP contribution < -0.4 is 4.74 Å². The first-order chi connectivity index (χ1) is 11.3. The second kappa shape index (κ2) is 6.64. The standard InChI is InChI=1S/C18H25BrN2O3/c1-17(2,3)24-15(22)6-9-21-10-7-18(8-11-21)12-23-16-13(18)4-5-14(19)20-16/h4-5H,6-12H2,1-3H3. The first-order valence-electron chi connectivity index (χ1n) is 8.51. The van der Waals surface area contributed by atoms with Gasteiger partial charge in [0.15, 0.2) is 0 Å². The lowest BCUT2D eigenvalue weighted by Gasteiger charge is -2.38. The Labute approximate surface area is 151 Å². The quantitative estimate of drug-likeness (QED) is 0.579. The van der Waals surface area contributed by atoms with Gasteiger partial charge in [-0.15, -0.1) is 0 Å². The molecular formula is C18H25BrN2O3. The fraction of sp³-hybridized carbons (Fsp3) is 0.667. The van der Waals surface area contributed by atoms with Crippen LogP contribution >= 0.6 is 15.9 Å². The third-order valence-corrected chi connectivity index (χ3v) is 5.19. The maximum Gasteiger partial charge on any atom is 0.307 e. The number of carbonyl (C=O) groups excluding carboxylic acids is 1. The molecule has 1 fully saturated rings. The van der Waals surface area contributed by atoms with E-state index in [1.54, 1.807) is 0 Å². The second-order valence-electron chi connectivity index (χ2n) is 7.73. The van der Waals surface area contributed by atoms with Crippen LogP contribution in [-0.4, -0.2) is 47.7 Å². The third kappa shape index (κ3) is 3.91. The average Bonchev–Trinajstić information content (AvgIpc) is 2.83. The molecule has 0 aromatic carbocycles. The van der Waals surface area contributed by atoms with E-state index in [2.05, 4.69) is 31.9 Å². The Balaban J connectivity index is 1.53. The lowest BCUT2D eigenvalue weighted by Crippen LogP contribution is -2.44. The molecule has 1 aromatic rings. The van der Waals surface area contributed by atoms with Crippen LogP contribution in [0.25, 0.3) is 0 Å². The molecule has 0 aliphatic carbocycles. The van der Waals surface area contributed by atoms with Gasteiger partial charge >= 0.3 is 5.97 Å². The summed E-state index contributed by atoms with van der Waals surface area (Å²) in [5, 5.41) is 0. The topological polar surface area (TPSA) is 51.7 Å². The smallest absolute Gasteiger partial charge is 0.307 e. The fourth-order valence-electron chi connectivity index (χ4n) is 3.48. The SMILES string of the molecule is CC(C)(C)OC(=O)CCN1CCC2(CC1)COc1nc(Br)ccc12. The van der Waals surface area contributed by atoms with Gasteiger partial charge in [0.05, 0.1) is 13.0 Å². The molecule has 5 nitrogen and oxygen atoms in total. The van der Waals surface area contributed by atoms with E-state index in [0.29, 0.717) is 13.0 Å². The minimum Gasteiger partial charge on any atom is -0.476 e. The Morgan fingerprint density at radius 3 is 2.75 bits per heavy atom. The Bertz CT molecular complexity index is 619. The van der Waals surface area contributed by atoms with Gasteiger partial charge in [-0.2, -0.15) is 0 Å². The van der Waals surface area contributed by atoms with E-state index in [0.717, 1.165) is 43.0 Å². The van der Waals surface area contributed by atoms with E-state index in [1.807, 2.05) is 26.8 Å². The number of esters is 1. The van der Waals surface area contributed by atoms with Crippen molar-refractivity contribution in [3.63, 3.8) is 0 Å². The number of halogens is 1. The van der Waals surface area contributed by atoms with Crippen molar-refractivity contribution in [2.45, 2.75) is 51.0 Å². The lowest BCUT2D eigenvalue weighted by atomic mass is 9.75. The van der Waals surface area contributed by atoms with Crippen molar-refractivity contribution >= 4 is 21.9 Å². The largest absolute Gasteiger partial charge is 0.476 e. The summed E-state index contributed by atoms with van der Waals surface area (Å²) in [5.41, 5.74) is 0.915. The maximum atomic E-state index is 11.9. The molecule has 0 N–H and O–H groups in total. The van der Waals surface area contributed by atoms with E-state index in [9.17, 15) is 4.79 Å². The summed E-state index contributed by atoms with van der Waals surface area (Å²) in [6, 6.07) is 4.12. The molecular weight excluding hydrogens is 372 g/mol. The number of aromatic nitrogens is 1. The maximum absolute atomic E-state index is 11.9. The highest BCUT2D eigenvalue weighted by Crippen LogP contribution is 2.44. The van der Waals surface area contributed by atoms with Crippen LogP contribution in [0.4, 0.5) is 0 Å². The zero-order valence-corrected chi connectivity index (χ0v) is 16.2. The van der Waals surface area contributed by atoms with Crippen LogP contribution in [0.2, 0.25) is 0 Å². The van der Waals surface area contributed by atoms with Crippen LogP contribution in [0, 0.1) is 0 Å². The predicted molar refractivity (Wildman–Crippen MR) is 95.2 cm³/mol. The molecule has 1 saturated heterocycles. The average molecular weight is 397 g/mol. The molecule has 3 rings (SSSR count). The number of ether oxygens (including phenoxy) is 2. The highest BCUT2D eigenvalue weighted by atomic mass is 79.9. The molecule has 0 atom stereocenters. The molecule has 2 aliphatic rings. The molecule has 0 saturated carbocycles. The number of rotatable bonds is 3. The molecule has 0 unspecified atom stereocenters. The second-order valence-corrected chi connectivity index (χ2v) is 8.55. The van der Waals surface area contributed by atoms with Crippen LogP contribution in [0.5, 0.6) is 5.88 Å². The van der Waals surface area contributed by atoms with Crippen LogP contribution in [0.1, 0.15) is 45.6 Å². The molecule has 0 radical (unpaired) electrons. The van der Waals surface area contributed by atoms with Gasteiger partial charge in [-0.1, -0.05) is 6.07 Å². The summed E-state index contributed by atoms with van der Waals surface area (Å²) < 4.78 is 12.0. The zero-order chi connectivity index (χ0) is 17.4. The molecule has 24 heavy (non-hydrogen) atoms. The highest BCUT2D eigenvalue weighted by molar-refractivity contribution is 9.10. The van der Waals surface area contributed by atoms with Gasteiger partial charge < -0.3 is 14.4 Å². The Morgan fingerprint density at radius 1 is 1.38 bits per heavy atom. The zero-order valence-electron chi connectivity index (χ0n) is 14.6. The van der Waals surface area contributed by atoms with Crippen LogP contribution in [-0.2, 0) is 14.9 Å². The van der Waals surface area contributed by atoms with Gasteiger partial charge in [-0.05, 0) is 68.7 Å². The van der Waals surface area contributed by atoms with Gasteiger partial charge in [-0.3, -0.25) is 4.79 Å². The predicted octanol–water partition coefficient (Wildman–Crippen LogP) is 3.30. The summed E-state index contributed by atoms with van der Waals surface area (Å²) in [7, 11) is 0. The van der Waals surface area contributed by atoms with Crippen molar-refractivity contribution < 1.29 is 14.3 Å². The van der Waals surface area contributed by atoms with E-state index in [4.69, 9.17) is 9.47 Å². The number of hydrogen-bond acceptors (Lipinski definition) is 5. The molecule has 2 aliphatic heterocycles. The number of piperidine rings is 1. The fourth-order valence-corrected chi connectivity index (χ4v) is 3.77. The minimum atomic E-state index is -0.408. The summed E-state index contributed by atoms with van der Waals surface area (Å²) >= 11 is 3.40. The molecule has 6 heteroatoms. The molecule has 132 valence electrons. The summed E-state index contributed by atoms with van der Waals surface area (Å²) in [6.45, 7) is 9.13. The van der Waals surface area contributed by atoms with Crippen LogP contribution in [0.15, 0.2) is 16.7 Å². The monoisotopic (exact) mass is 396 g/mol. The summed E-state index contributed by atoms with van der Waals surface area (Å²) in [4.78, 5) is 18.6. The van der Waals surface area contributed by atoms with E-state index in [-0.39, 0.29) is 11.4 Å². The number of pyridine rings is 1. The number of fused-ring (bicyclic) bond motifs is 2. The minimum absolute atomic E-state index is 0.0887. The number of nitrogens with zero attached hydrogens (tertiary/aromatic N) is 2. The van der Waals surface area contributed by atoms with E-state index < -0.39 is 5.60 Å². The highest BCUT2D eigenvalue weighted by Gasteiger charge is 2.43. The number of hydrogen-bond donors (Lipinski definition) is 0. The third-order valence-electron chi connectivity index (χ3n) is 4.75. The van der Waals surface area contributed by atoms with E-state index >= 15 is 0 Å². The number of likely N-dealkylation sites (tertiary alicyclic amines) is 1. The van der Waals surface area contributed by atoms with Crippen molar-refractivity contribution in [1.29, 1.82) is 0 Å². The molecule has 1 aromatic heterocycles. The van der Waals surface area contributed by atoms with Crippen molar-refractivity contribution in [3.05, 3.63) is 22.3 Å². The van der Waals surface area contributed by atoms with Gasteiger partial charge in [0.2, 0.25) is 5.88 Å². The molecule has 1 spiro atoms. The van der Waals surface area contributed by atoms with Gasteiger partial charge in [0.1, 0.15) is 10.2 Å².